The van der Waals surface area contributed by atoms with E-state index in [1.54, 1.807) is 12.1 Å². The fourth-order valence-electron chi connectivity index (χ4n) is 2.17. The molecule has 130 valence electrons. The number of amides is 1. The Labute approximate surface area is 140 Å². The van der Waals surface area contributed by atoms with E-state index in [1.165, 1.54) is 18.4 Å². The lowest BCUT2D eigenvalue weighted by Crippen LogP contribution is -2.34. The number of hydrogen-bond donors (Lipinski definition) is 0. The van der Waals surface area contributed by atoms with Gasteiger partial charge in [0.1, 0.15) is 0 Å². The number of carbonyl (C=O) groups is 1. The molecule has 1 rings (SSSR count). The van der Waals surface area contributed by atoms with E-state index in [2.05, 4.69) is 27.7 Å². The van der Waals surface area contributed by atoms with Crippen LogP contribution >= 0.6 is 0 Å². The predicted molar refractivity (Wildman–Crippen MR) is 94.4 cm³/mol. The summed E-state index contributed by atoms with van der Waals surface area (Å²) < 4.78 is 23.0. The molecule has 0 fully saturated rings. The quantitative estimate of drug-likeness (QED) is 0.727. The summed E-state index contributed by atoms with van der Waals surface area (Å²) >= 11 is 0. The number of carbonyl (C=O) groups excluding carboxylic acids is 1. The number of nitrogens with zero attached hydrogens (tertiary/aromatic N) is 1. The van der Waals surface area contributed by atoms with Crippen LogP contribution in [0.3, 0.4) is 0 Å². The van der Waals surface area contributed by atoms with E-state index in [0.717, 1.165) is 25.9 Å². The largest absolute Gasteiger partial charge is 0.339 e. The van der Waals surface area contributed by atoms with E-state index < -0.39 is 9.84 Å². The average molecular weight is 340 g/mol. The van der Waals surface area contributed by atoms with Gasteiger partial charge in [0.25, 0.3) is 5.91 Å². The summed E-state index contributed by atoms with van der Waals surface area (Å²) in [6.07, 6.45) is 3.10. The van der Waals surface area contributed by atoms with Crippen molar-refractivity contribution in [2.75, 3.05) is 19.3 Å². The molecule has 0 atom stereocenters. The Morgan fingerprint density at radius 3 is 1.74 bits per heavy atom. The third-order valence-corrected chi connectivity index (χ3v) is 4.90. The normalized spacial score (nSPS) is 12.0. The zero-order valence-electron chi connectivity index (χ0n) is 14.9. The predicted octanol–water partition coefficient (Wildman–Crippen LogP) is 3.62. The van der Waals surface area contributed by atoms with E-state index >= 15 is 0 Å². The van der Waals surface area contributed by atoms with Crippen LogP contribution in [0, 0.1) is 11.8 Å². The van der Waals surface area contributed by atoms with Crippen molar-refractivity contribution in [1.29, 1.82) is 0 Å². The molecule has 1 amide bonds. The first kappa shape index (κ1) is 19.7. The third kappa shape index (κ3) is 6.73. The second-order valence-electron chi connectivity index (χ2n) is 6.95. The zero-order chi connectivity index (χ0) is 17.6. The molecule has 0 saturated heterocycles. The molecule has 0 bridgehead atoms. The van der Waals surface area contributed by atoms with Crippen LogP contribution in [0.25, 0.3) is 0 Å². The molecule has 0 N–H and O–H groups in total. The number of benzene rings is 1. The van der Waals surface area contributed by atoms with Crippen LogP contribution in [0.15, 0.2) is 29.2 Å². The molecule has 0 aliphatic heterocycles. The zero-order valence-corrected chi connectivity index (χ0v) is 15.7. The van der Waals surface area contributed by atoms with Gasteiger partial charge in [-0.25, -0.2) is 8.42 Å². The Morgan fingerprint density at radius 2 is 1.39 bits per heavy atom. The van der Waals surface area contributed by atoms with Gasteiger partial charge in [-0.05, 0) is 48.9 Å². The highest BCUT2D eigenvalue weighted by Gasteiger charge is 2.17. The summed E-state index contributed by atoms with van der Waals surface area (Å²) in [6.45, 7) is 10.0. The summed E-state index contributed by atoms with van der Waals surface area (Å²) in [5.74, 6) is 1.06. The molecular weight excluding hydrogens is 310 g/mol. The minimum Gasteiger partial charge on any atom is -0.339 e. The minimum atomic E-state index is -3.23. The first-order chi connectivity index (χ1) is 10.6. The van der Waals surface area contributed by atoms with Gasteiger partial charge >= 0.3 is 0 Å². The molecule has 4 nitrogen and oxygen atoms in total. The summed E-state index contributed by atoms with van der Waals surface area (Å²) in [4.78, 5) is 14.8. The third-order valence-electron chi connectivity index (χ3n) is 3.77. The molecule has 0 heterocycles. The maximum atomic E-state index is 12.7. The van der Waals surface area contributed by atoms with Crippen molar-refractivity contribution in [3.63, 3.8) is 0 Å². The fourth-order valence-corrected chi connectivity index (χ4v) is 2.80. The Kier molecular flexibility index (Phi) is 7.26. The maximum Gasteiger partial charge on any atom is 0.253 e. The van der Waals surface area contributed by atoms with Crippen molar-refractivity contribution >= 4 is 15.7 Å². The van der Waals surface area contributed by atoms with Gasteiger partial charge in [0.05, 0.1) is 4.90 Å². The molecule has 0 saturated carbocycles. The first-order valence-electron chi connectivity index (χ1n) is 8.20. The van der Waals surface area contributed by atoms with Crippen LogP contribution in [-0.2, 0) is 9.84 Å². The highest BCUT2D eigenvalue weighted by atomic mass is 32.2. The summed E-state index contributed by atoms with van der Waals surface area (Å²) in [7, 11) is -3.23. The van der Waals surface area contributed by atoms with Gasteiger partial charge < -0.3 is 4.90 Å². The monoisotopic (exact) mass is 339 g/mol. The van der Waals surface area contributed by atoms with Crippen molar-refractivity contribution in [3.05, 3.63) is 29.8 Å². The molecule has 1 aromatic rings. The van der Waals surface area contributed by atoms with E-state index in [4.69, 9.17) is 0 Å². The Balaban J connectivity index is 2.89. The molecule has 5 heteroatoms. The highest BCUT2D eigenvalue weighted by molar-refractivity contribution is 7.90. The first-order valence-corrected chi connectivity index (χ1v) is 10.1. The van der Waals surface area contributed by atoms with E-state index in [-0.39, 0.29) is 10.8 Å². The molecule has 0 aliphatic carbocycles. The standard InChI is InChI=1S/C18H29NO3S/c1-14(2)10-12-19(13-11-15(3)4)18(20)16-6-8-17(9-7-16)23(5,21)22/h6-9,14-15H,10-13H2,1-5H3. The van der Waals surface area contributed by atoms with Crippen LogP contribution in [0.2, 0.25) is 0 Å². The molecule has 0 aromatic heterocycles. The molecule has 0 unspecified atom stereocenters. The van der Waals surface area contributed by atoms with Gasteiger partial charge in [0.2, 0.25) is 0 Å². The summed E-state index contributed by atoms with van der Waals surface area (Å²) in [5.41, 5.74) is 0.546. The van der Waals surface area contributed by atoms with Crippen molar-refractivity contribution in [1.82, 2.24) is 4.90 Å². The fraction of sp³-hybridized carbons (Fsp3) is 0.611. The number of sulfone groups is 1. The highest BCUT2D eigenvalue weighted by Crippen LogP contribution is 2.14. The molecule has 1 aromatic carbocycles. The lowest BCUT2D eigenvalue weighted by atomic mass is 10.1. The van der Waals surface area contributed by atoms with Crippen LogP contribution in [-0.4, -0.2) is 38.6 Å². The minimum absolute atomic E-state index is 0.0219. The van der Waals surface area contributed by atoms with E-state index in [0.29, 0.717) is 17.4 Å². The SMILES string of the molecule is CC(C)CCN(CCC(C)C)C(=O)c1ccc(S(C)(=O)=O)cc1. The lowest BCUT2D eigenvalue weighted by molar-refractivity contribution is 0.0740. The lowest BCUT2D eigenvalue weighted by Gasteiger charge is -2.24. The molecule has 0 aliphatic rings. The molecule has 23 heavy (non-hydrogen) atoms. The Bertz CT molecular complexity index is 592. The Hall–Kier alpha value is -1.36. The second kappa shape index (κ2) is 8.48. The summed E-state index contributed by atoms with van der Waals surface area (Å²) in [5, 5.41) is 0. The molecule has 0 radical (unpaired) electrons. The van der Waals surface area contributed by atoms with E-state index in [1.807, 2.05) is 4.90 Å². The van der Waals surface area contributed by atoms with Gasteiger partial charge in [0.15, 0.2) is 9.84 Å². The van der Waals surface area contributed by atoms with Crippen molar-refractivity contribution in [3.8, 4) is 0 Å². The number of rotatable bonds is 8. The van der Waals surface area contributed by atoms with Gasteiger partial charge in [-0.15, -0.1) is 0 Å². The van der Waals surface area contributed by atoms with Crippen LogP contribution < -0.4 is 0 Å². The van der Waals surface area contributed by atoms with Crippen LogP contribution in [0.5, 0.6) is 0 Å². The van der Waals surface area contributed by atoms with E-state index in [9.17, 15) is 13.2 Å². The number of hydrogen-bond acceptors (Lipinski definition) is 3. The summed E-state index contributed by atoms with van der Waals surface area (Å²) in [6, 6.07) is 6.23. The maximum absolute atomic E-state index is 12.7. The Morgan fingerprint density at radius 1 is 0.957 bits per heavy atom. The van der Waals surface area contributed by atoms with Crippen LogP contribution in [0.1, 0.15) is 50.9 Å². The van der Waals surface area contributed by atoms with Crippen molar-refractivity contribution in [2.24, 2.45) is 11.8 Å². The average Bonchev–Trinajstić information content (AvgIpc) is 2.45. The van der Waals surface area contributed by atoms with Gasteiger partial charge in [-0.1, -0.05) is 27.7 Å². The van der Waals surface area contributed by atoms with Crippen molar-refractivity contribution < 1.29 is 13.2 Å². The van der Waals surface area contributed by atoms with Crippen molar-refractivity contribution in [2.45, 2.75) is 45.4 Å². The van der Waals surface area contributed by atoms with Gasteiger partial charge in [-0.2, -0.15) is 0 Å². The van der Waals surface area contributed by atoms with Gasteiger partial charge in [0, 0.05) is 24.9 Å². The van der Waals surface area contributed by atoms with Gasteiger partial charge in [-0.3, -0.25) is 4.79 Å². The topological polar surface area (TPSA) is 54.5 Å². The molecular formula is C18H29NO3S. The van der Waals surface area contributed by atoms with Crippen LogP contribution in [0.4, 0.5) is 0 Å². The molecule has 0 spiro atoms. The smallest absolute Gasteiger partial charge is 0.253 e. The second-order valence-corrected chi connectivity index (χ2v) is 8.97.